The van der Waals surface area contributed by atoms with Crippen molar-refractivity contribution in [2.45, 2.75) is 25.8 Å². The predicted molar refractivity (Wildman–Crippen MR) is 53.6 cm³/mol. The fourth-order valence-corrected chi connectivity index (χ4v) is 1.06. The number of carbonyl (C=O) groups excluding carboxylic acids is 2. The Morgan fingerprint density at radius 3 is 2.64 bits per heavy atom. The van der Waals surface area contributed by atoms with Gasteiger partial charge in [0.1, 0.15) is 0 Å². The Labute approximate surface area is 84.0 Å². The van der Waals surface area contributed by atoms with E-state index in [-0.39, 0.29) is 18.4 Å². The highest BCUT2D eigenvalue weighted by Gasteiger charge is 2.23. The highest BCUT2D eigenvalue weighted by atomic mass is 16.2. The van der Waals surface area contributed by atoms with Crippen LogP contribution in [0.1, 0.15) is 19.8 Å². The molecule has 0 heterocycles. The van der Waals surface area contributed by atoms with E-state index in [0.717, 1.165) is 12.8 Å². The molecule has 14 heavy (non-hydrogen) atoms. The Hall–Kier alpha value is -1.32. The first kappa shape index (κ1) is 10.8. The number of allylic oxidation sites excluding steroid dienone is 1. The van der Waals surface area contributed by atoms with E-state index in [0.29, 0.717) is 6.04 Å². The Bertz CT molecular complexity index is 257. The number of nitrogens with zero attached hydrogens (tertiary/aromatic N) is 1. The van der Waals surface area contributed by atoms with Crippen molar-refractivity contribution in [3.05, 3.63) is 12.2 Å². The maximum Gasteiger partial charge on any atom is 0.246 e. The summed E-state index contributed by atoms with van der Waals surface area (Å²) in [5.74, 6) is -0.216. The summed E-state index contributed by atoms with van der Waals surface area (Å²) in [4.78, 5) is 23.9. The molecule has 0 aromatic heterocycles. The Morgan fingerprint density at radius 1 is 1.50 bits per heavy atom. The van der Waals surface area contributed by atoms with Crippen LogP contribution in [0.15, 0.2) is 12.2 Å². The van der Waals surface area contributed by atoms with Crippen LogP contribution in [0.3, 0.4) is 0 Å². The van der Waals surface area contributed by atoms with Gasteiger partial charge in [-0.3, -0.25) is 9.59 Å². The van der Waals surface area contributed by atoms with Gasteiger partial charge in [0.25, 0.3) is 0 Å². The molecule has 1 fully saturated rings. The predicted octanol–water partition coefficient (Wildman–Crippen LogP) is 0.299. The molecule has 0 unspecified atom stereocenters. The molecule has 0 saturated heterocycles. The van der Waals surface area contributed by atoms with Crippen LogP contribution in [0.2, 0.25) is 0 Å². The third-order valence-electron chi connectivity index (χ3n) is 2.01. The van der Waals surface area contributed by atoms with Crippen LogP contribution in [-0.2, 0) is 9.59 Å². The standard InChI is InChI=1S/C10H16N2O2/c1-3-4-10(14)12(2)7-9(13)11-8-5-6-8/h3-4,8H,5-7H2,1-2H3,(H,11,13). The monoisotopic (exact) mass is 196 g/mol. The summed E-state index contributed by atoms with van der Waals surface area (Å²) in [7, 11) is 1.62. The Kier molecular flexibility index (Phi) is 3.68. The summed E-state index contributed by atoms with van der Waals surface area (Å²) in [5.41, 5.74) is 0. The number of rotatable bonds is 4. The van der Waals surface area contributed by atoms with E-state index in [1.807, 2.05) is 0 Å². The van der Waals surface area contributed by atoms with Crippen molar-refractivity contribution in [1.82, 2.24) is 10.2 Å². The van der Waals surface area contributed by atoms with Crippen molar-refractivity contribution in [3.63, 3.8) is 0 Å². The number of amides is 2. The molecule has 4 heteroatoms. The maximum absolute atomic E-state index is 11.3. The topological polar surface area (TPSA) is 49.4 Å². The number of nitrogens with one attached hydrogen (secondary N) is 1. The van der Waals surface area contributed by atoms with Gasteiger partial charge in [-0.05, 0) is 25.8 Å². The van der Waals surface area contributed by atoms with E-state index < -0.39 is 0 Å². The highest BCUT2D eigenvalue weighted by molar-refractivity contribution is 5.91. The summed E-state index contributed by atoms with van der Waals surface area (Å²) in [6.07, 6.45) is 5.25. The second-order valence-electron chi connectivity index (χ2n) is 3.54. The first-order chi connectivity index (χ1) is 6.63. The summed E-state index contributed by atoms with van der Waals surface area (Å²) in [5, 5.41) is 2.82. The highest BCUT2D eigenvalue weighted by Crippen LogP contribution is 2.18. The normalized spacial score (nSPS) is 15.6. The van der Waals surface area contributed by atoms with Crippen molar-refractivity contribution >= 4 is 11.8 Å². The van der Waals surface area contributed by atoms with Crippen LogP contribution < -0.4 is 5.32 Å². The lowest BCUT2D eigenvalue weighted by atomic mass is 10.4. The van der Waals surface area contributed by atoms with Gasteiger partial charge in [-0.2, -0.15) is 0 Å². The smallest absolute Gasteiger partial charge is 0.246 e. The molecular weight excluding hydrogens is 180 g/mol. The largest absolute Gasteiger partial charge is 0.352 e. The molecular formula is C10H16N2O2. The molecule has 0 spiro atoms. The summed E-state index contributed by atoms with van der Waals surface area (Å²) in [6, 6.07) is 0.354. The molecule has 78 valence electrons. The Morgan fingerprint density at radius 2 is 2.14 bits per heavy atom. The van der Waals surface area contributed by atoms with Gasteiger partial charge >= 0.3 is 0 Å². The average Bonchev–Trinajstić information content (AvgIpc) is 2.88. The second kappa shape index (κ2) is 4.79. The van der Waals surface area contributed by atoms with Gasteiger partial charge in [0, 0.05) is 13.1 Å². The van der Waals surface area contributed by atoms with E-state index in [2.05, 4.69) is 5.32 Å². The van der Waals surface area contributed by atoms with Gasteiger partial charge in [-0.15, -0.1) is 0 Å². The molecule has 1 N–H and O–H groups in total. The molecule has 0 aromatic rings. The van der Waals surface area contributed by atoms with Gasteiger partial charge in [-0.25, -0.2) is 0 Å². The lowest BCUT2D eigenvalue weighted by Crippen LogP contribution is -2.38. The molecule has 0 radical (unpaired) electrons. The fourth-order valence-electron chi connectivity index (χ4n) is 1.06. The molecule has 1 aliphatic carbocycles. The maximum atomic E-state index is 11.3. The van der Waals surface area contributed by atoms with Crippen LogP contribution in [0, 0.1) is 0 Å². The van der Waals surface area contributed by atoms with Crippen LogP contribution in [-0.4, -0.2) is 36.3 Å². The minimum Gasteiger partial charge on any atom is -0.352 e. The molecule has 2 amide bonds. The van der Waals surface area contributed by atoms with Crippen molar-refractivity contribution in [1.29, 1.82) is 0 Å². The fraction of sp³-hybridized carbons (Fsp3) is 0.600. The Balaban J connectivity index is 2.27. The lowest BCUT2D eigenvalue weighted by molar-refractivity contribution is -0.131. The first-order valence-corrected chi connectivity index (χ1v) is 4.80. The molecule has 0 atom stereocenters. The van der Waals surface area contributed by atoms with Gasteiger partial charge in [-0.1, -0.05) is 6.08 Å². The number of carbonyl (C=O) groups is 2. The van der Waals surface area contributed by atoms with E-state index in [4.69, 9.17) is 0 Å². The summed E-state index contributed by atoms with van der Waals surface area (Å²) < 4.78 is 0. The van der Waals surface area contributed by atoms with E-state index >= 15 is 0 Å². The molecule has 1 aliphatic rings. The summed E-state index contributed by atoms with van der Waals surface area (Å²) >= 11 is 0. The number of hydrogen-bond acceptors (Lipinski definition) is 2. The van der Waals surface area contributed by atoms with Crippen LogP contribution in [0.5, 0.6) is 0 Å². The first-order valence-electron chi connectivity index (χ1n) is 4.80. The zero-order valence-corrected chi connectivity index (χ0v) is 8.62. The minimum absolute atomic E-state index is 0.0761. The van der Waals surface area contributed by atoms with Crippen molar-refractivity contribution in [3.8, 4) is 0 Å². The third kappa shape index (κ3) is 3.60. The molecule has 0 bridgehead atoms. The SMILES string of the molecule is CC=CC(=O)N(C)CC(=O)NC1CC1. The summed E-state index contributed by atoms with van der Waals surface area (Å²) in [6.45, 7) is 1.91. The van der Waals surface area contributed by atoms with Crippen molar-refractivity contribution in [2.75, 3.05) is 13.6 Å². The van der Waals surface area contributed by atoms with Gasteiger partial charge in [0.05, 0.1) is 6.54 Å². The van der Waals surface area contributed by atoms with E-state index in [9.17, 15) is 9.59 Å². The zero-order valence-electron chi connectivity index (χ0n) is 8.62. The zero-order chi connectivity index (χ0) is 10.6. The second-order valence-corrected chi connectivity index (χ2v) is 3.54. The average molecular weight is 196 g/mol. The van der Waals surface area contributed by atoms with Crippen molar-refractivity contribution < 1.29 is 9.59 Å². The number of hydrogen-bond donors (Lipinski definition) is 1. The van der Waals surface area contributed by atoms with Crippen LogP contribution in [0.4, 0.5) is 0 Å². The quantitative estimate of drug-likeness (QED) is 0.657. The molecule has 0 aliphatic heterocycles. The molecule has 1 saturated carbocycles. The lowest BCUT2D eigenvalue weighted by Gasteiger charge is -2.14. The van der Waals surface area contributed by atoms with Crippen molar-refractivity contribution in [2.24, 2.45) is 0 Å². The molecule has 1 rings (SSSR count). The number of likely N-dealkylation sites (N-methyl/N-ethyl adjacent to an activating group) is 1. The van der Waals surface area contributed by atoms with Gasteiger partial charge in [0.15, 0.2) is 0 Å². The van der Waals surface area contributed by atoms with E-state index in [1.54, 1.807) is 20.0 Å². The molecule has 4 nitrogen and oxygen atoms in total. The van der Waals surface area contributed by atoms with Gasteiger partial charge in [0.2, 0.25) is 11.8 Å². The van der Waals surface area contributed by atoms with Gasteiger partial charge < -0.3 is 10.2 Å². The third-order valence-corrected chi connectivity index (χ3v) is 2.01. The van der Waals surface area contributed by atoms with Crippen LogP contribution in [0.25, 0.3) is 0 Å². The minimum atomic E-state index is -0.140. The molecule has 0 aromatic carbocycles. The van der Waals surface area contributed by atoms with Crippen LogP contribution >= 0.6 is 0 Å². The van der Waals surface area contributed by atoms with E-state index in [1.165, 1.54) is 11.0 Å².